The number of halogens is 2. The third-order valence-electron chi connectivity index (χ3n) is 3.13. The van der Waals surface area contributed by atoms with Crippen molar-refractivity contribution < 1.29 is 19.0 Å². The lowest BCUT2D eigenvalue weighted by molar-refractivity contribution is 0.0912. The first-order chi connectivity index (χ1) is 10.5. The van der Waals surface area contributed by atoms with Gasteiger partial charge in [0, 0.05) is 11.6 Å². The van der Waals surface area contributed by atoms with Crippen molar-refractivity contribution >= 4 is 17.5 Å². The van der Waals surface area contributed by atoms with Crippen molar-refractivity contribution in [2.24, 2.45) is 0 Å². The van der Waals surface area contributed by atoms with E-state index in [9.17, 15) is 14.3 Å². The van der Waals surface area contributed by atoms with Crippen LogP contribution in [0.5, 0.6) is 5.75 Å². The van der Waals surface area contributed by atoms with Gasteiger partial charge in [0.25, 0.3) is 5.91 Å². The molecule has 0 aliphatic carbocycles. The molecule has 2 N–H and O–H groups in total. The maximum Gasteiger partial charge on any atom is 0.254 e. The molecule has 22 heavy (non-hydrogen) atoms. The summed E-state index contributed by atoms with van der Waals surface area (Å²) in [7, 11) is 1.55. The fraction of sp³-hybridized carbons (Fsp3) is 0.188. The molecule has 2 aromatic carbocycles. The van der Waals surface area contributed by atoms with Gasteiger partial charge in [-0.15, -0.1) is 0 Å². The summed E-state index contributed by atoms with van der Waals surface area (Å²) in [6.07, 6.45) is -0.905. The van der Waals surface area contributed by atoms with Gasteiger partial charge in [-0.05, 0) is 35.9 Å². The van der Waals surface area contributed by atoms with Gasteiger partial charge in [-0.3, -0.25) is 4.79 Å². The summed E-state index contributed by atoms with van der Waals surface area (Å²) in [5.74, 6) is -0.630. The van der Waals surface area contributed by atoms with Gasteiger partial charge in [0.2, 0.25) is 0 Å². The largest absolute Gasteiger partial charge is 0.497 e. The topological polar surface area (TPSA) is 58.6 Å². The first kappa shape index (κ1) is 16.3. The van der Waals surface area contributed by atoms with Gasteiger partial charge in [-0.25, -0.2) is 4.39 Å². The van der Waals surface area contributed by atoms with Crippen LogP contribution in [0.4, 0.5) is 4.39 Å². The van der Waals surface area contributed by atoms with E-state index >= 15 is 0 Å². The SMILES string of the molecule is COc1ccc(C(O)CNC(=O)c2cc(Cl)ccc2F)cc1. The Morgan fingerprint density at radius 2 is 2.00 bits per heavy atom. The van der Waals surface area contributed by atoms with E-state index < -0.39 is 17.8 Å². The molecule has 4 nitrogen and oxygen atoms in total. The van der Waals surface area contributed by atoms with Gasteiger partial charge >= 0.3 is 0 Å². The minimum Gasteiger partial charge on any atom is -0.497 e. The van der Waals surface area contributed by atoms with Crippen molar-refractivity contribution in [3.8, 4) is 5.75 Å². The minimum atomic E-state index is -0.905. The quantitative estimate of drug-likeness (QED) is 0.889. The number of carbonyl (C=O) groups excluding carboxylic acids is 1. The minimum absolute atomic E-state index is 0.0445. The number of benzene rings is 2. The van der Waals surface area contributed by atoms with Crippen LogP contribution in [-0.4, -0.2) is 24.7 Å². The normalized spacial score (nSPS) is 11.8. The zero-order valence-electron chi connectivity index (χ0n) is 11.8. The lowest BCUT2D eigenvalue weighted by Crippen LogP contribution is -2.29. The maximum atomic E-state index is 13.6. The molecular formula is C16H15ClFNO3. The van der Waals surface area contributed by atoms with Crippen LogP contribution in [0.2, 0.25) is 5.02 Å². The van der Waals surface area contributed by atoms with Gasteiger partial charge in [-0.1, -0.05) is 23.7 Å². The fourth-order valence-corrected chi connectivity index (χ4v) is 2.07. The standard InChI is InChI=1S/C16H15ClFNO3/c1-22-12-5-2-10(3-6-12)15(20)9-19-16(21)13-8-11(17)4-7-14(13)18/h2-8,15,20H,9H2,1H3,(H,19,21). The number of carbonyl (C=O) groups is 1. The molecule has 0 saturated heterocycles. The van der Waals surface area contributed by atoms with Crippen molar-refractivity contribution in [1.29, 1.82) is 0 Å². The second kappa shape index (κ2) is 7.24. The number of ether oxygens (including phenoxy) is 1. The summed E-state index contributed by atoms with van der Waals surface area (Å²) in [6, 6.07) is 10.5. The molecule has 2 aromatic rings. The highest BCUT2D eigenvalue weighted by molar-refractivity contribution is 6.31. The zero-order valence-corrected chi connectivity index (χ0v) is 12.6. The lowest BCUT2D eigenvalue weighted by Gasteiger charge is -2.13. The number of methoxy groups -OCH3 is 1. The third kappa shape index (κ3) is 3.96. The van der Waals surface area contributed by atoms with Crippen molar-refractivity contribution in [3.63, 3.8) is 0 Å². The van der Waals surface area contributed by atoms with Crippen LogP contribution >= 0.6 is 11.6 Å². The zero-order chi connectivity index (χ0) is 16.1. The van der Waals surface area contributed by atoms with E-state index in [1.54, 1.807) is 31.4 Å². The van der Waals surface area contributed by atoms with E-state index in [1.165, 1.54) is 12.1 Å². The molecule has 1 unspecified atom stereocenters. The molecule has 0 aliphatic rings. The number of aliphatic hydroxyl groups excluding tert-OH is 1. The second-order valence-electron chi connectivity index (χ2n) is 4.62. The summed E-state index contributed by atoms with van der Waals surface area (Å²) < 4.78 is 18.6. The Morgan fingerprint density at radius 3 is 2.64 bits per heavy atom. The monoisotopic (exact) mass is 323 g/mol. The van der Waals surface area contributed by atoms with Crippen LogP contribution in [0.15, 0.2) is 42.5 Å². The smallest absolute Gasteiger partial charge is 0.254 e. The summed E-state index contributed by atoms with van der Waals surface area (Å²) in [5, 5.41) is 12.8. The number of amides is 1. The molecule has 0 fully saturated rings. The van der Waals surface area contributed by atoms with Crippen molar-refractivity contribution in [2.75, 3.05) is 13.7 Å². The van der Waals surface area contributed by atoms with Gasteiger partial charge in [0.15, 0.2) is 0 Å². The van der Waals surface area contributed by atoms with E-state index in [1.807, 2.05) is 0 Å². The third-order valence-corrected chi connectivity index (χ3v) is 3.36. The van der Waals surface area contributed by atoms with E-state index in [4.69, 9.17) is 16.3 Å². The molecule has 0 aliphatic heterocycles. The Morgan fingerprint density at radius 1 is 1.32 bits per heavy atom. The number of hydrogen-bond acceptors (Lipinski definition) is 3. The predicted octanol–water partition coefficient (Wildman–Crippen LogP) is 2.95. The molecule has 0 spiro atoms. The summed E-state index contributed by atoms with van der Waals surface area (Å²) in [4.78, 5) is 11.9. The summed E-state index contributed by atoms with van der Waals surface area (Å²) in [6.45, 7) is -0.0445. The Kier molecular flexibility index (Phi) is 5.35. The van der Waals surface area contributed by atoms with Gasteiger partial charge < -0.3 is 15.2 Å². The van der Waals surface area contributed by atoms with Crippen LogP contribution in [0, 0.1) is 5.82 Å². The molecule has 1 atom stereocenters. The van der Waals surface area contributed by atoms with Crippen LogP contribution < -0.4 is 10.1 Å². The van der Waals surface area contributed by atoms with Crippen LogP contribution in [0.25, 0.3) is 0 Å². The Labute approximate surface area is 132 Å². The van der Waals surface area contributed by atoms with E-state index in [0.29, 0.717) is 11.3 Å². The molecule has 2 rings (SSSR count). The highest BCUT2D eigenvalue weighted by atomic mass is 35.5. The Bertz CT molecular complexity index is 661. The van der Waals surface area contributed by atoms with Gasteiger partial charge in [0.05, 0.1) is 18.8 Å². The number of aliphatic hydroxyl groups is 1. The van der Waals surface area contributed by atoms with Crippen LogP contribution in [0.1, 0.15) is 22.0 Å². The molecule has 6 heteroatoms. The maximum absolute atomic E-state index is 13.6. The average molecular weight is 324 g/mol. The molecule has 116 valence electrons. The summed E-state index contributed by atoms with van der Waals surface area (Å²) in [5.41, 5.74) is 0.460. The molecule has 0 saturated carbocycles. The average Bonchev–Trinajstić information content (AvgIpc) is 2.54. The van der Waals surface area contributed by atoms with Crippen molar-refractivity contribution in [1.82, 2.24) is 5.32 Å². The van der Waals surface area contributed by atoms with Crippen LogP contribution in [-0.2, 0) is 0 Å². The Hall–Kier alpha value is -2.11. The number of hydrogen-bond donors (Lipinski definition) is 2. The van der Waals surface area contributed by atoms with Crippen molar-refractivity contribution in [2.45, 2.75) is 6.10 Å². The van der Waals surface area contributed by atoms with Gasteiger partial charge in [-0.2, -0.15) is 0 Å². The molecule has 0 radical (unpaired) electrons. The lowest BCUT2D eigenvalue weighted by atomic mass is 10.1. The Balaban J connectivity index is 1.99. The van der Waals surface area contributed by atoms with Gasteiger partial charge in [0.1, 0.15) is 11.6 Å². The second-order valence-corrected chi connectivity index (χ2v) is 5.06. The predicted molar refractivity (Wildman–Crippen MR) is 81.7 cm³/mol. The first-order valence-corrected chi connectivity index (χ1v) is 6.94. The molecule has 0 heterocycles. The van der Waals surface area contributed by atoms with Crippen molar-refractivity contribution in [3.05, 3.63) is 64.4 Å². The molecular weight excluding hydrogens is 309 g/mol. The highest BCUT2D eigenvalue weighted by Gasteiger charge is 2.14. The number of nitrogens with one attached hydrogen (secondary N) is 1. The highest BCUT2D eigenvalue weighted by Crippen LogP contribution is 2.18. The number of rotatable bonds is 5. The molecule has 1 amide bonds. The fourth-order valence-electron chi connectivity index (χ4n) is 1.90. The van der Waals surface area contributed by atoms with E-state index in [0.717, 1.165) is 6.07 Å². The van der Waals surface area contributed by atoms with E-state index in [2.05, 4.69) is 5.32 Å². The molecule has 0 bridgehead atoms. The molecule has 0 aromatic heterocycles. The van der Waals surface area contributed by atoms with E-state index in [-0.39, 0.29) is 17.1 Å². The summed E-state index contributed by atoms with van der Waals surface area (Å²) >= 11 is 5.74. The van der Waals surface area contributed by atoms with Crippen LogP contribution in [0.3, 0.4) is 0 Å². The first-order valence-electron chi connectivity index (χ1n) is 6.56.